The number of hydrogen-bond acceptors (Lipinski definition) is 5. The number of aromatic amines is 1. The minimum atomic E-state index is -0.252. The Balaban J connectivity index is 1.33. The number of carbonyl (C=O) groups excluding carboxylic acids is 2. The van der Waals surface area contributed by atoms with E-state index in [4.69, 9.17) is 9.15 Å². The van der Waals surface area contributed by atoms with Gasteiger partial charge in [0.05, 0.1) is 25.5 Å². The second-order valence-electron chi connectivity index (χ2n) is 7.24. The van der Waals surface area contributed by atoms with Crippen LogP contribution >= 0.6 is 0 Å². The number of furan rings is 1. The molecule has 8 heteroatoms. The zero-order valence-electron chi connectivity index (χ0n) is 16.8. The molecular formula is C22H24N4O4. The van der Waals surface area contributed by atoms with E-state index in [0.29, 0.717) is 42.4 Å². The minimum Gasteiger partial charge on any atom is -0.496 e. The molecule has 4 rings (SSSR count). The summed E-state index contributed by atoms with van der Waals surface area (Å²) in [5.74, 6) is 1.23. The Bertz CT molecular complexity index is 1000. The Kier molecular flexibility index (Phi) is 5.83. The molecule has 1 fully saturated rings. The van der Waals surface area contributed by atoms with Crippen LogP contribution in [0.2, 0.25) is 0 Å². The van der Waals surface area contributed by atoms with Crippen LogP contribution < -0.4 is 10.1 Å². The third kappa shape index (κ3) is 4.22. The average Bonchev–Trinajstić information content (AvgIpc) is 3.49. The number of likely N-dealkylation sites (tertiary alicyclic amines) is 1. The topological polar surface area (TPSA) is 100 Å². The van der Waals surface area contributed by atoms with E-state index in [2.05, 4.69) is 15.5 Å². The van der Waals surface area contributed by atoms with Crippen molar-refractivity contribution in [3.8, 4) is 5.75 Å². The Labute approximate surface area is 174 Å². The lowest BCUT2D eigenvalue weighted by Gasteiger charge is -2.31. The van der Waals surface area contributed by atoms with Crippen molar-refractivity contribution in [3.05, 3.63) is 71.4 Å². The number of amides is 2. The number of aromatic nitrogens is 2. The van der Waals surface area contributed by atoms with Gasteiger partial charge in [-0.1, -0.05) is 12.1 Å². The summed E-state index contributed by atoms with van der Waals surface area (Å²) in [7, 11) is 1.57. The number of para-hydroxylation sites is 1. The molecule has 0 spiro atoms. The Morgan fingerprint density at radius 2 is 2.03 bits per heavy atom. The quantitative estimate of drug-likeness (QED) is 0.653. The maximum absolute atomic E-state index is 12.9. The van der Waals surface area contributed by atoms with Gasteiger partial charge in [0.25, 0.3) is 11.8 Å². The highest BCUT2D eigenvalue weighted by atomic mass is 16.5. The molecule has 1 aliphatic heterocycles. The lowest BCUT2D eigenvalue weighted by atomic mass is 9.93. The number of nitrogens with zero attached hydrogens (tertiary/aromatic N) is 2. The fourth-order valence-corrected chi connectivity index (χ4v) is 3.72. The number of piperidine rings is 1. The summed E-state index contributed by atoms with van der Waals surface area (Å²) >= 11 is 0. The van der Waals surface area contributed by atoms with Crippen LogP contribution in [0.4, 0.5) is 0 Å². The number of H-pyrrole nitrogens is 1. The summed E-state index contributed by atoms with van der Waals surface area (Å²) in [6, 6.07) is 12.6. The van der Waals surface area contributed by atoms with Gasteiger partial charge in [-0.25, -0.2) is 0 Å². The van der Waals surface area contributed by atoms with Crippen molar-refractivity contribution in [1.29, 1.82) is 0 Å². The van der Waals surface area contributed by atoms with Crippen LogP contribution in [0, 0.1) is 0 Å². The molecule has 1 aromatic carbocycles. The smallest absolute Gasteiger partial charge is 0.272 e. The summed E-state index contributed by atoms with van der Waals surface area (Å²) in [5, 5.41) is 9.93. The standard InChI is InChI=1S/C22H24N4O4/c1-29-20-7-3-2-6-17(20)22(28)26-10-8-15(9-11-26)18-13-19(25-24-18)21(27)23-14-16-5-4-12-30-16/h2-7,12-13,15H,8-11,14H2,1H3,(H,23,27)(H,24,25). The summed E-state index contributed by atoms with van der Waals surface area (Å²) < 4.78 is 10.5. The summed E-state index contributed by atoms with van der Waals surface area (Å²) in [6.07, 6.45) is 3.17. The predicted octanol–water partition coefficient (Wildman–Crippen LogP) is 2.96. The molecular weight excluding hydrogens is 384 g/mol. The van der Waals surface area contributed by atoms with Crippen LogP contribution in [-0.2, 0) is 6.54 Å². The van der Waals surface area contributed by atoms with E-state index in [0.717, 1.165) is 18.5 Å². The molecule has 0 bridgehead atoms. The molecule has 8 nitrogen and oxygen atoms in total. The first kappa shape index (κ1) is 19.8. The highest BCUT2D eigenvalue weighted by molar-refractivity contribution is 5.97. The summed E-state index contributed by atoms with van der Waals surface area (Å²) in [6.45, 7) is 1.60. The number of benzene rings is 1. The van der Waals surface area contributed by atoms with Crippen LogP contribution in [0.15, 0.2) is 53.1 Å². The van der Waals surface area contributed by atoms with Gasteiger partial charge in [0.2, 0.25) is 0 Å². The van der Waals surface area contributed by atoms with Crippen molar-refractivity contribution in [2.24, 2.45) is 0 Å². The van der Waals surface area contributed by atoms with E-state index in [9.17, 15) is 9.59 Å². The summed E-state index contributed by atoms with van der Waals surface area (Å²) in [5.41, 5.74) is 1.85. The van der Waals surface area contributed by atoms with Crippen molar-refractivity contribution < 1.29 is 18.7 Å². The molecule has 0 unspecified atom stereocenters. The maximum atomic E-state index is 12.9. The largest absolute Gasteiger partial charge is 0.496 e. The highest BCUT2D eigenvalue weighted by Crippen LogP contribution is 2.29. The second kappa shape index (κ2) is 8.86. The Hall–Kier alpha value is -3.55. The zero-order valence-corrected chi connectivity index (χ0v) is 16.8. The Morgan fingerprint density at radius 3 is 2.77 bits per heavy atom. The number of nitrogens with one attached hydrogen (secondary N) is 2. The molecule has 2 aromatic heterocycles. The summed E-state index contributed by atoms with van der Waals surface area (Å²) in [4.78, 5) is 27.0. The van der Waals surface area contributed by atoms with Crippen LogP contribution in [0.5, 0.6) is 5.75 Å². The zero-order chi connectivity index (χ0) is 20.9. The first-order valence-electron chi connectivity index (χ1n) is 9.94. The van der Waals surface area contributed by atoms with Gasteiger partial charge in [-0.2, -0.15) is 5.10 Å². The van der Waals surface area contributed by atoms with Gasteiger partial charge in [-0.15, -0.1) is 0 Å². The number of rotatable bonds is 6. The third-order valence-electron chi connectivity index (χ3n) is 5.39. The molecule has 0 aliphatic carbocycles. The molecule has 0 atom stereocenters. The molecule has 3 heterocycles. The molecule has 3 aromatic rings. The number of carbonyl (C=O) groups is 2. The predicted molar refractivity (Wildman–Crippen MR) is 109 cm³/mol. The average molecular weight is 408 g/mol. The maximum Gasteiger partial charge on any atom is 0.272 e. The van der Waals surface area contributed by atoms with Crippen molar-refractivity contribution in [2.45, 2.75) is 25.3 Å². The van der Waals surface area contributed by atoms with Gasteiger partial charge in [0.1, 0.15) is 17.2 Å². The van der Waals surface area contributed by atoms with Gasteiger partial charge in [-0.3, -0.25) is 14.7 Å². The Morgan fingerprint density at radius 1 is 1.23 bits per heavy atom. The van der Waals surface area contributed by atoms with Crippen molar-refractivity contribution in [3.63, 3.8) is 0 Å². The lowest BCUT2D eigenvalue weighted by Crippen LogP contribution is -2.38. The number of methoxy groups -OCH3 is 1. The lowest BCUT2D eigenvalue weighted by molar-refractivity contribution is 0.0708. The van der Waals surface area contributed by atoms with E-state index >= 15 is 0 Å². The van der Waals surface area contributed by atoms with E-state index in [-0.39, 0.29) is 17.7 Å². The fraction of sp³-hybridized carbons (Fsp3) is 0.318. The van der Waals surface area contributed by atoms with Crippen molar-refractivity contribution >= 4 is 11.8 Å². The highest BCUT2D eigenvalue weighted by Gasteiger charge is 2.27. The van der Waals surface area contributed by atoms with Crippen LogP contribution in [0.25, 0.3) is 0 Å². The normalized spacial score (nSPS) is 14.5. The van der Waals surface area contributed by atoms with Crippen molar-refractivity contribution in [2.75, 3.05) is 20.2 Å². The third-order valence-corrected chi connectivity index (χ3v) is 5.39. The molecule has 156 valence electrons. The van der Waals surface area contributed by atoms with Gasteiger partial charge in [0.15, 0.2) is 0 Å². The van der Waals surface area contributed by atoms with E-state index in [1.165, 1.54) is 0 Å². The van der Waals surface area contributed by atoms with Gasteiger partial charge < -0.3 is 19.4 Å². The number of ether oxygens (including phenoxy) is 1. The fourth-order valence-electron chi connectivity index (χ4n) is 3.72. The van der Waals surface area contributed by atoms with Crippen LogP contribution in [-0.4, -0.2) is 47.1 Å². The van der Waals surface area contributed by atoms with E-state index in [1.54, 1.807) is 43.7 Å². The van der Waals surface area contributed by atoms with E-state index < -0.39 is 0 Å². The van der Waals surface area contributed by atoms with Crippen molar-refractivity contribution in [1.82, 2.24) is 20.4 Å². The van der Waals surface area contributed by atoms with Crippen LogP contribution in [0.3, 0.4) is 0 Å². The van der Waals surface area contributed by atoms with Gasteiger partial charge in [-0.05, 0) is 43.2 Å². The molecule has 30 heavy (non-hydrogen) atoms. The second-order valence-corrected chi connectivity index (χ2v) is 7.24. The van der Waals surface area contributed by atoms with Gasteiger partial charge >= 0.3 is 0 Å². The molecule has 0 radical (unpaired) electrons. The minimum absolute atomic E-state index is 0.0199. The molecule has 1 aliphatic rings. The number of hydrogen-bond donors (Lipinski definition) is 2. The first-order chi connectivity index (χ1) is 14.7. The van der Waals surface area contributed by atoms with E-state index in [1.807, 2.05) is 17.0 Å². The molecule has 0 saturated carbocycles. The molecule has 1 saturated heterocycles. The monoisotopic (exact) mass is 408 g/mol. The molecule has 2 amide bonds. The van der Waals surface area contributed by atoms with Gasteiger partial charge in [0, 0.05) is 24.7 Å². The van der Waals surface area contributed by atoms with Crippen LogP contribution in [0.1, 0.15) is 51.1 Å². The molecule has 2 N–H and O–H groups in total. The first-order valence-corrected chi connectivity index (χ1v) is 9.94. The SMILES string of the molecule is COc1ccccc1C(=O)N1CCC(c2cc(C(=O)NCc3ccco3)n[nH]2)CC1.